The summed E-state index contributed by atoms with van der Waals surface area (Å²) in [4.78, 5) is 11.8. The van der Waals surface area contributed by atoms with E-state index in [4.69, 9.17) is 9.47 Å². The second-order valence-corrected chi connectivity index (χ2v) is 4.47. The molecule has 2 rings (SSSR count). The molecule has 3 unspecified atom stereocenters. The minimum atomic E-state index is -0.112. The smallest absolute Gasteiger partial charge is 0.323 e. The summed E-state index contributed by atoms with van der Waals surface area (Å²) in [6, 6.07) is -0.112. The monoisotopic (exact) mass is 213 g/mol. The van der Waals surface area contributed by atoms with Crippen molar-refractivity contribution in [2.75, 3.05) is 19.8 Å². The first-order chi connectivity index (χ1) is 7.27. The molecule has 15 heavy (non-hydrogen) atoms. The molecule has 0 saturated carbocycles. The Balaban J connectivity index is 1.83. The van der Waals surface area contributed by atoms with Crippen LogP contribution in [0.2, 0.25) is 0 Å². The van der Waals surface area contributed by atoms with Gasteiger partial charge in [-0.15, -0.1) is 0 Å². The molecular weight excluding hydrogens is 194 g/mol. The SMILES string of the molecule is CC1CCCNC1C(=O)OC1CCOC1. The molecule has 1 N–H and O–H groups in total. The van der Waals surface area contributed by atoms with Crippen LogP contribution in [0.15, 0.2) is 0 Å². The van der Waals surface area contributed by atoms with Gasteiger partial charge in [0.25, 0.3) is 0 Å². The van der Waals surface area contributed by atoms with Gasteiger partial charge in [-0.2, -0.15) is 0 Å². The maximum atomic E-state index is 11.8. The molecule has 2 heterocycles. The molecule has 0 radical (unpaired) electrons. The summed E-state index contributed by atoms with van der Waals surface area (Å²) in [5, 5.41) is 3.23. The summed E-state index contributed by atoms with van der Waals surface area (Å²) in [7, 11) is 0. The normalized spacial score (nSPS) is 36.5. The predicted octanol–water partition coefficient (Wildman–Crippen LogP) is 0.707. The van der Waals surface area contributed by atoms with Crippen molar-refractivity contribution >= 4 is 5.97 Å². The van der Waals surface area contributed by atoms with Gasteiger partial charge < -0.3 is 14.8 Å². The molecule has 0 aromatic rings. The summed E-state index contributed by atoms with van der Waals surface area (Å²) in [5.41, 5.74) is 0. The average molecular weight is 213 g/mol. The molecule has 2 aliphatic rings. The van der Waals surface area contributed by atoms with Crippen LogP contribution < -0.4 is 5.32 Å². The molecule has 2 aliphatic heterocycles. The Kier molecular flexibility index (Phi) is 3.59. The molecule has 2 fully saturated rings. The topological polar surface area (TPSA) is 47.6 Å². The molecule has 2 saturated heterocycles. The highest BCUT2D eigenvalue weighted by Gasteiger charge is 2.31. The summed E-state index contributed by atoms with van der Waals surface area (Å²) < 4.78 is 10.6. The van der Waals surface area contributed by atoms with Gasteiger partial charge in [-0.1, -0.05) is 6.92 Å². The fourth-order valence-electron chi connectivity index (χ4n) is 2.21. The van der Waals surface area contributed by atoms with E-state index in [1.54, 1.807) is 0 Å². The van der Waals surface area contributed by atoms with Crippen LogP contribution in [0.5, 0.6) is 0 Å². The summed E-state index contributed by atoms with van der Waals surface area (Å²) >= 11 is 0. The fourth-order valence-corrected chi connectivity index (χ4v) is 2.21. The van der Waals surface area contributed by atoms with Gasteiger partial charge in [0.15, 0.2) is 0 Å². The number of nitrogens with one attached hydrogen (secondary N) is 1. The Morgan fingerprint density at radius 3 is 3.00 bits per heavy atom. The van der Waals surface area contributed by atoms with Crippen LogP contribution in [0, 0.1) is 5.92 Å². The van der Waals surface area contributed by atoms with Crippen molar-refractivity contribution in [1.82, 2.24) is 5.32 Å². The van der Waals surface area contributed by atoms with Crippen LogP contribution in [0.3, 0.4) is 0 Å². The van der Waals surface area contributed by atoms with Gasteiger partial charge in [-0.3, -0.25) is 4.79 Å². The van der Waals surface area contributed by atoms with Gasteiger partial charge in [0.2, 0.25) is 0 Å². The van der Waals surface area contributed by atoms with Gasteiger partial charge in [0.05, 0.1) is 13.2 Å². The second kappa shape index (κ2) is 4.94. The van der Waals surface area contributed by atoms with Crippen molar-refractivity contribution in [3.63, 3.8) is 0 Å². The molecule has 0 amide bonds. The van der Waals surface area contributed by atoms with Gasteiger partial charge in [-0.05, 0) is 25.3 Å². The summed E-state index contributed by atoms with van der Waals surface area (Å²) in [6.07, 6.45) is 3.08. The summed E-state index contributed by atoms with van der Waals surface area (Å²) in [6.45, 7) is 4.30. The van der Waals surface area contributed by atoms with Crippen LogP contribution in [-0.2, 0) is 14.3 Å². The van der Waals surface area contributed by atoms with E-state index in [1.165, 1.54) is 0 Å². The number of carbonyl (C=O) groups is 1. The average Bonchev–Trinajstić information content (AvgIpc) is 2.71. The van der Waals surface area contributed by atoms with Crippen molar-refractivity contribution in [1.29, 1.82) is 0 Å². The minimum Gasteiger partial charge on any atom is -0.459 e. The first-order valence-electron chi connectivity index (χ1n) is 5.79. The summed E-state index contributed by atoms with van der Waals surface area (Å²) in [5.74, 6) is 0.284. The van der Waals surface area contributed by atoms with Gasteiger partial charge >= 0.3 is 5.97 Å². The third-order valence-electron chi connectivity index (χ3n) is 3.19. The molecular formula is C11H19NO3. The lowest BCUT2D eigenvalue weighted by molar-refractivity contribution is -0.153. The maximum absolute atomic E-state index is 11.8. The third-order valence-corrected chi connectivity index (χ3v) is 3.19. The Bertz CT molecular complexity index is 226. The number of rotatable bonds is 2. The van der Waals surface area contributed by atoms with E-state index < -0.39 is 0 Å². The van der Waals surface area contributed by atoms with Crippen LogP contribution in [0.4, 0.5) is 0 Å². The van der Waals surface area contributed by atoms with Crippen molar-refractivity contribution in [3.05, 3.63) is 0 Å². The lowest BCUT2D eigenvalue weighted by Crippen LogP contribution is -2.47. The molecule has 0 bridgehead atoms. The van der Waals surface area contributed by atoms with E-state index in [1.807, 2.05) is 0 Å². The third kappa shape index (κ3) is 2.69. The van der Waals surface area contributed by atoms with Crippen molar-refractivity contribution in [2.24, 2.45) is 5.92 Å². The van der Waals surface area contributed by atoms with Gasteiger partial charge in [-0.25, -0.2) is 0 Å². The second-order valence-electron chi connectivity index (χ2n) is 4.47. The number of carbonyl (C=O) groups excluding carboxylic acids is 1. The van der Waals surface area contributed by atoms with E-state index >= 15 is 0 Å². The molecule has 4 heteroatoms. The Labute approximate surface area is 90.3 Å². The van der Waals surface area contributed by atoms with E-state index in [0.29, 0.717) is 19.1 Å². The first-order valence-corrected chi connectivity index (χ1v) is 5.79. The number of ether oxygens (including phenoxy) is 2. The highest BCUT2D eigenvalue weighted by molar-refractivity contribution is 5.76. The lowest BCUT2D eigenvalue weighted by Gasteiger charge is -2.29. The van der Waals surface area contributed by atoms with E-state index in [0.717, 1.165) is 25.8 Å². The quantitative estimate of drug-likeness (QED) is 0.686. The van der Waals surface area contributed by atoms with Gasteiger partial charge in [0, 0.05) is 6.42 Å². The molecule has 86 valence electrons. The van der Waals surface area contributed by atoms with Crippen LogP contribution in [0.25, 0.3) is 0 Å². The van der Waals surface area contributed by atoms with Crippen LogP contribution in [-0.4, -0.2) is 37.9 Å². The molecule has 4 nitrogen and oxygen atoms in total. The maximum Gasteiger partial charge on any atom is 0.323 e. The Hall–Kier alpha value is -0.610. The Morgan fingerprint density at radius 1 is 1.47 bits per heavy atom. The van der Waals surface area contributed by atoms with Gasteiger partial charge in [0.1, 0.15) is 12.1 Å². The molecule has 3 atom stereocenters. The van der Waals surface area contributed by atoms with Crippen molar-refractivity contribution in [3.8, 4) is 0 Å². The van der Waals surface area contributed by atoms with Crippen LogP contribution >= 0.6 is 0 Å². The lowest BCUT2D eigenvalue weighted by atomic mass is 9.93. The number of piperidine rings is 1. The zero-order valence-corrected chi connectivity index (χ0v) is 9.20. The number of hydrogen-bond donors (Lipinski definition) is 1. The predicted molar refractivity (Wildman–Crippen MR) is 55.5 cm³/mol. The minimum absolute atomic E-state index is 0.0200. The molecule has 0 aliphatic carbocycles. The zero-order chi connectivity index (χ0) is 10.7. The largest absolute Gasteiger partial charge is 0.459 e. The van der Waals surface area contributed by atoms with E-state index in [9.17, 15) is 4.79 Å². The number of esters is 1. The van der Waals surface area contributed by atoms with Crippen molar-refractivity contribution < 1.29 is 14.3 Å². The zero-order valence-electron chi connectivity index (χ0n) is 9.20. The highest BCUT2D eigenvalue weighted by Crippen LogP contribution is 2.18. The standard InChI is InChI=1S/C11H19NO3/c1-8-3-2-5-12-10(8)11(13)15-9-4-6-14-7-9/h8-10,12H,2-7H2,1H3. The fraction of sp³-hybridized carbons (Fsp3) is 0.909. The number of hydrogen-bond acceptors (Lipinski definition) is 4. The van der Waals surface area contributed by atoms with E-state index in [-0.39, 0.29) is 18.1 Å². The Morgan fingerprint density at radius 2 is 2.33 bits per heavy atom. The molecule has 0 spiro atoms. The van der Waals surface area contributed by atoms with E-state index in [2.05, 4.69) is 12.2 Å². The van der Waals surface area contributed by atoms with Crippen molar-refractivity contribution in [2.45, 2.75) is 38.3 Å². The van der Waals surface area contributed by atoms with Crippen LogP contribution in [0.1, 0.15) is 26.2 Å². The molecule has 0 aromatic carbocycles. The highest BCUT2D eigenvalue weighted by atomic mass is 16.6. The first kappa shape index (κ1) is 10.9. The molecule has 0 aromatic heterocycles.